The van der Waals surface area contributed by atoms with Gasteiger partial charge in [0, 0.05) is 12.8 Å². The van der Waals surface area contributed by atoms with E-state index in [2.05, 4.69) is 148 Å². The molecule has 5 nitrogen and oxygen atoms in total. The Balaban J connectivity index is 3.51. The Morgan fingerprint density at radius 1 is 0.303 bits per heavy atom. The fourth-order valence-electron chi connectivity index (χ4n) is 8.76. The third-order valence-electron chi connectivity index (χ3n) is 13.4. The highest BCUT2D eigenvalue weighted by atomic mass is 16.6. The zero-order valence-corrected chi connectivity index (χ0v) is 49.5. The van der Waals surface area contributed by atoms with Crippen LogP contribution in [0.1, 0.15) is 284 Å². The van der Waals surface area contributed by atoms with Gasteiger partial charge in [0.15, 0.2) is 6.10 Å². The predicted molar refractivity (Wildman–Crippen MR) is 334 cm³/mol. The molecule has 0 aromatic carbocycles. The first-order chi connectivity index (χ1) is 37.6. The standard InChI is InChI=1S/C71H118O5/c1-3-5-7-9-11-13-15-17-19-21-23-25-27-29-31-33-34-35-36-38-40-42-44-46-48-50-52-54-56-58-60-62-64-66-71(74)76-69(67-72)68-75-70(73)65-63-61-59-57-55-53-51-49-47-45-43-41-39-37-32-30-28-26-24-22-20-18-16-14-12-10-8-6-4-2/h5-8,11-14,17-20,23-26,29,31,34-35,38,40,69,72H,3-4,9-10,15-16,21-22,27-28,30,32-33,36-37,39,41-68H2,1-2H3/b7-5-,8-6-,13-11-,14-12-,19-17-,20-18-,25-23-,26-24-,31-29-,35-34-,40-38-. The Morgan fingerprint density at radius 3 is 0.789 bits per heavy atom. The lowest BCUT2D eigenvalue weighted by molar-refractivity contribution is -0.161. The Labute approximate surface area is 470 Å². The summed E-state index contributed by atoms with van der Waals surface area (Å²) in [5.74, 6) is -0.593. The maximum Gasteiger partial charge on any atom is 0.306 e. The van der Waals surface area contributed by atoms with Crippen molar-refractivity contribution in [3.8, 4) is 0 Å². The highest BCUT2D eigenvalue weighted by Gasteiger charge is 2.16. The average molecular weight is 1050 g/mol. The van der Waals surface area contributed by atoms with E-state index in [9.17, 15) is 14.7 Å². The molecule has 0 fully saturated rings. The molecule has 0 aromatic rings. The van der Waals surface area contributed by atoms with Crippen LogP contribution < -0.4 is 0 Å². The van der Waals surface area contributed by atoms with Crippen LogP contribution in [0.4, 0.5) is 0 Å². The van der Waals surface area contributed by atoms with Crippen LogP contribution >= 0.6 is 0 Å². The summed E-state index contributed by atoms with van der Waals surface area (Å²) in [5.41, 5.74) is 0. The second-order valence-electron chi connectivity index (χ2n) is 20.7. The van der Waals surface area contributed by atoms with Crippen LogP contribution in [-0.4, -0.2) is 36.4 Å². The van der Waals surface area contributed by atoms with Gasteiger partial charge in [-0.05, 0) is 109 Å². The van der Waals surface area contributed by atoms with E-state index >= 15 is 0 Å². The first-order valence-electron chi connectivity index (χ1n) is 31.7. The summed E-state index contributed by atoms with van der Waals surface area (Å²) in [7, 11) is 0. The van der Waals surface area contributed by atoms with Gasteiger partial charge >= 0.3 is 11.9 Å². The SMILES string of the molecule is CC/C=C\C/C=C\C/C=C\C/C=C\C/C=C\C/C=C\C/C=C\CCCCCCCCCCCCCC(=O)OC(CO)COC(=O)CCCCCCCCCCCCCCCCCC/C=C\C/C=C\C/C=C\C/C=C\CC. The van der Waals surface area contributed by atoms with Gasteiger partial charge in [0.2, 0.25) is 0 Å². The second kappa shape index (κ2) is 65.3. The van der Waals surface area contributed by atoms with E-state index in [-0.39, 0.29) is 25.2 Å². The van der Waals surface area contributed by atoms with Gasteiger partial charge in [-0.15, -0.1) is 0 Å². The lowest BCUT2D eigenvalue weighted by Crippen LogP contribution is -2.28. The number of carbonyl (C=O) groups is 2. The van der Waals surface area contributed by atoms with Crippen molar-refractivity contribution in [1.82, 2.24) is 0 Å². The van der Waals surface area contributed by atoms with Crippen molar-refractivity contribution in [3.05, 3.63) is 134 Å². The summed E-state index contributed by atoms with van der Waals surface area (Å²) in [6.45, 7) is 3.93. The monoisotopic (exact) mass is 1050 g/mol. The Kier molecular flexibility index (Phi) is 61.9. The summed E-state index contributed by atoms with van der Waals surface area (Å²) in [6.07, 6.45) is 97.3. The largest absolute Gasteiger partial charge is 0.462 e. The van der Waals surface area contributed by atoms with E-state index in [1.54, 1.807) is 0 Å². The van der Waals surface area contributed by atoms with Crippen LogP contribution in [0.3, 0.4) is 0 Å². The molecule has 0 aliphatic heterocycles. The van der Waals surface area contributed by atoms with E-state index < -0.39 is 6.10 Å². The molecule has 0 amide bonds. The van der Waals surface area contributed by atoms with Crippen molar-refractivity contribution in [2.24, 2.45) is 0 Å². The summed E-state index contributed by atoms with van der Waals surface area (Å²) >= 11 is 0. The van der Waals surface area contributed by atoms with Gasteiger partial charge in [0.05, 0.1) is 6.61 Å². The number of aliphatic hydroxyl groups is 1. The molecule has 0 saturated carbocycles. The van der Waals surface area contributed by atoms with Crippen LogP contribution in [0.2, 0.25) is 0 Å². The molecule has 1 atom stereocenters. The number of hydrogen-bond donors (Lipinski definition) is 1. The van der Waals surface area contributed by atoms with E-state index in [1.165, 1.54) is 148 Å². The van der Waals surface area contributed by atoms with Gasteiger partial charge in [-0.2, -0.15) is 0 Å². The number of ether oxygens (including phenoxy) is 2. The van der Waals surface area contributed by atoms with Gasteiger partial charge in [-0.25, -0.2) is 0 Å². The van der Waals surface area contributed by atoms with Crippen molar-refractivity contribution in [1.29, 1.82) is 0 Å². The van der Waals surface area contributed by atoms with Crippen LogP contribution in [-0.2, 0) is 19.1 Å². The Bertz CT molecular complexity index is 1570. The van der Waals surface area contributed by atoms with Crippen molar-refractivity contribution in [2.75, 3.05) is 13.2 Å². The lowest BCUT2D eigenvalue weighted by atomic mass is 10.0. The molecule has 5 heteroatoms. The Morgan fingerprint density at radius 2 is 0.526 bits per heavy atom. The highest BCUT2D eigenvalue weighted by molar-refractivity contribution is 5.70. The molecule has 0 bridgehead atoms. The second-order valence-corrected chi connectivity index (χ2v) is 20.7. The maximum atomic E-state index is 12.3. The fourth-order valence-corrected chi connectivity index (χ4v) is 8.76. The minimum Gasteiger partial charge on any atom is -0.462 e. The molecule has 0 spiro atoms. The van der Waals surface area contributed by atoms with Crippen LogP contribution in [0.25, 0.3) is 0 Å². The molecule has 0 aliphatic rings. The summed E-state index contributed by atoms with van der Waals surface area (Å²) in [6, 6.07) is 0. The zero-order chi connectivity index (χ0) is 54.8. The molecular formula is C71H118O5. The van der Waals surface area contributed by atoms with E-state index in [0.29, 0.717) is 12.8 Å². The van der Waals surface area contributed by atoms with Gasteiger partial charge in [-0.1, -0.05) is 295 Å². The average Bonchev–Trinajstić information content (AvgIpc) is 3.42. The molecule has 0 aliphatic carbocycles. The molecule has 1 N–H and O–H groups in total. The van der Waals surface area contributed by atoms with Gasteiger partial charge in [-0.3, -0.25) is 9.59 Å². The number of aliphatic hydroxyl groups excluding tert-OH is 1. The number of unbranched alkanes of at least 4 members (excludes halogenated alkanes) is 27. The predicted octanol–water partition coefficient (Wildman–Crippen LogP) is 22.0. The van der Waals surface area contributed by atoms with Crippen molar-refractivity contribution in [2.45, 2.75) is 290 Å². The summed E-state index contributed by atoms with van der Waals surface area (Å²) in [4.78, 5) is 24.6. The van der Waals surface area contributed by atoms with Crippen molar-refractivity contribution in [3.63, 3.8) is 0 Å². The smallest absolute Gasteiger partial charge is 0.306 e. The topological polar surface area (TPSA) is 72.8 Å². The minimum atomic E-state index is -0.783. The Hall–Kier alpha value is -3.96. The number of esters is 2. The first-order valence-corrected chi connectivity index (χ1v) is 31.7. The maximum absolute atomic E-state index is 12.3. The number of rotatable bonds is 57. The molecule has 0 heterocycles. The summed E-state index contributed by atoms with van der Waals surface area (Å²) in [5, 5.41) is 9.69. The third kappa shape index (κ3) is 62.6. The van der Waals surface area contributed by atoms with E-state index in [1.807, 2.05) is 0 Å². The quantitative estimate of drug-likeness (QED) is 0.0373. The van der Waals surface area contributed by atoms with Gasteiger partial charge in [0.1, 0.15) is 6.61 Å². The third-order valence-corrected chi connectivity index (χ3v) is 13.4. The molecule has 0 saturated heterocycles. The molecule has 432 valence electrons. The van der Waals surface area contributed by atoms with Crippen LogP contribution in [0.5, 0.6) is 0 Å². The van der Waals surface area contributed by atoms with Gasteiger partial charge in [0.25, 0.3) is 0 Å². The lowest BCUT2D eigenvalue weighted by Gasteiger charge is -2.15. The minimum absolute atomic E-state index is 0.0718. The molecule has 0 radical (unpaired) electrons. The van der Waals surface area contributed by atoms with E-state index in [4.69, 9.17) is 9.47 Å². The van der Waals surface area contributed by atoms with E-state index in [0.717, 1.165) is 109 Å². The number of carbonyl (C=O) groups excluding carboxylic acids is 2. The number of allylic oxidation sites excluding steroid dienone is 22. The van der Waals surface area contributed by atoms with Gasteiger partial charge < -0.3 is 14.6 Å². The van der Waals surface area contributed by atoms with Crippen molar-refractivity contribution >= 4 is 11.9 Å². The molecule has 76 heavy (non-hydrogen) atoms. The molecule has 0 aromatic heterocycles. The zero-order valence-electron chi connectivity index (χ0n) is 49.5. The van der Waals surface area contributed by atoms with Crippen LogP contribution in [0.15, 0.2) is 134 Å². The normalized spacial score (nSPS) is 13.1. The highest BCUT2D eigenvalue weighted by Crippen LogP contribution is 2.16. The molecule has 1 unspecified atom stereocenters. The summed E-state index contributed by atoms with van der Waals surface area (Å²) < 4.78 is 10.7. The first kappa shape index (κ1) is 72.0. The fraction of sp³-hybridized carbons (Fsp3) is 0.662. The number of hydrogen-bond acceptors (Lipinski definition) is 5. The molecular weight excluding hydrogens is 933 g/mol. The van der Waals surface area contributed by atoms with Crippen LogP contribution in [0, 0.1) is 0 Å². The van der Waals surface area contributed by atoms with Crippen molar-refractivity contribution < 1.29 is 24.2 Å². The molecule has 0 rings (SSSR count).